The van der Waals surface area contributed by atoms with E-state index >= 15 is 0 Å². The van der Waals surface area contributed by atoms with Crippen molar-refractivity contribution in [3.8, 4) is 27.6 Å². The molecular formula is C27H21N5O2S. The van der Waals surface area contributed by atoms with Crippen molar-refractivity contribution in [2.24, 2.45) is 0 Å². The molecule has 1 aliphatic rings. The van der Waals surface area contributed by atoms with Gasteiger partial charge in [0.1, 0.15) is 11.5 Å². The zero-order valence-corrected chi connectivity index (χ0v) is 19.5. The summed E-state index contributed by atoms with van der Waals surface area (Å²) in [6.45, 7) is 0. The average Bonchev–Trinajstić information content (AvgIpc) is 3.65. The molecule has 35 heavy (non-hydrogen) atoms. The van der Waals surface area contributed by atoms with Gasteiger partial charge in [0.25, 0.3) is 11.5 Å². The Morgan fingerprint density at radius 3 is 2.54 bits per heavy atom. The molecule has 0 aliphatic heterocycles. The number of aryl methyl sites for hydroxylation is 1. The number of rotatable bonds is 5. The van der Waals surface area contributed by atoms with E-state index in [1.165, 1.54) is 4.68 Å². The molecule has 3 heterocycles. The molecule has 5 aromatic rings. The van der Waals surface area contributed by atoms with Crippen molar-refractivity contribution in [1.82, 2.24) is 19.7 Å². The number of carbonyl (C=O) groups excluding carboxylic acids is 1. The van der Waals surface area contributed by atoms with Crippen LogP contribution in [0.4, 0.5) is 5.82 Å². The van der Waals surface area contributed by atoms with Crippen LogP contribution in [0.1, 0.15) is 28.0 Å². The van der Waals surface area contributed by atoms with Gasteiger partial charge in [-0.2, -0.15) is 9.78 Å². The predicted octanol–water partition coefficient (Wildman–Crippen LogP) is 5.09. The molecule has 7 nitrogen and oxygen atoms in total. The minimum Gasteiger partial charge on any atom is -0.306 e. The van der Waals surface area contributed by atoms with Crippen molar-refractivity contribution >= 4 is 23.1 Å². The zero-order valence-electron chi connectivity index (χ0n) is 18.7. The van der Waals surface area contributed by atoms with Crippen LogP contribution < -0.4 is 10.9 Å². The largest absolute Gasteiger partial charge is 0.306 e. The lowest BCUT2D eigenvalue weighted by atomic mass is 10.0. The lowest BCUT2D eigenvalue weighted by molar-refractivity contribution is 0.102. The molecular weight excluding hydrogens is 458 g/mol. The Bertz CT molecular complexity index is 1570. The number of thiophene rings is 1. The van der Waals surface area contributed by atoms with Gasteiger partial charge >= 0.3 is 0 Å². The number of aromatic nitrogens is 4. The Hall–Kier alpha value is -4.30. The molecule has 2 N–H and O–H groups in total. The Balaban J connectivity index is 1.35. The summed E-state index contributed by atoms with van der Waals surface area (Å²) in [7, 11) is 0. The lowest BCUT2D eigenvalue weighted by Gasteiger charge is -2.10. The summed E-state index contributed by atoms with van der Waals surface area (Å²) in [5.41, 5.74) is 4.72. The van der Waals surface area contributed by atoms with Crippen LogP contribution in [0, 0.1) is 0 Å². The van der Waals surface area contributed by atoms with Crippen molar-refractivity contribution in [3.63, 3.8) is 0 Å². The van der Waals surface area contributed by atoms with Crippen molar-refractivity contribution in [1.29, 1.82) is 0 Å². The Morgan fingerprint density at radius 1 is 0.971 bits per heavy atom. The van der Waals surface area contributed by atoms with Crippen LogP contribution in [0.25, 0.3) is 27.6 Å². The highest BCUT2D eigenvalue weighted by Gasteiger charge is 2.21. The molecule has 1 amide bonds. The molecule has 0 atom stereocenters. The van der Waals surface area contributed by atoms with E-state index < -0.39 is 0 Å². The van der Waals surface area contributed by atoms with Gasteiger partial charge in [-0.1, -0.05) is 48.5 Å². The van der Waals surface area contributed by atoms with Gasteiger partial charge in [-0.25, -0.2) is 4.98 Å². The monoisotopic (exact) mass is 479 g/mol. The number of aromatic amines is 1. The van der Waals surface area contributed by atoms with Crippen LogP contribution in [0.3, 0.4) is 0 Å². The molecule has 172 valence electrons. The number of nitrogens with one attached hydrogen (secondary N) is 2. The van der Waals surface area contributed by atoms with E-state index in [1.54, 1.807) is 29.5 Å². The Labute approximate surface area is 205 Å². The Morgan fingerprint density at radius 2 is 1.77 bits per heavy atom. The number of carbonyl (C=O) groups is 1. The summed E-state index contributed by atoms with van der Waals surface area (Å²) in [5.74, 6) is 0.465. The maximum Gasteiger partial charge on any atom is 0.256 e. The van der Waals surface area contributed by atoms with Crippen LogP contribution >= 0.6 is 11.3 Å². The molecule has 0 spiro atoms. The first-order valence-electron chi connectivity index (χ1n) is 11.4. The number of hydrogen-bond donors (Lipinski definition) is 2. The topological polar surface area (TPSA) is 92.7 Å². The zero-order chi connectivity index (χ0) is 23.8. The van der Waals surface area contributed by atoms with Gasteiger partial charge in [0.05, 0.1) is 10.6 Å². The summed E-state index contributed by atoms with van der Waals surface area (Å²) in [5, 5.41) is 9.60. The first kappa shape index (κ1) is 21.2. The fourth-order valence-corrected chi connectivity index (χ4v) is 5.02. The molecule has 0 fully saturated rings. The highest BCUT2D eigenvalue weighted by Crippen LogP contribution is 2.28. The van der Waals surface area contributed by atoms with E-state index in [1.807, 2.05) is 60.0 Å². The standard InChI is InChI=1S/C27H21N5O2S/c33-25(19-13-11-18(12-14-19)17-6-2-1-3-7-17)29-24-16-22(23-10-5-15-35-23)31-32(24)27-28-21-9-4-8-20(21)26(34)30-27/h1-3,5-7,10-16H,4,8-9H2,(H,29,33)(H,28,30,34). The summed E-state index contributed by atoms with van der Waals surface area (Å²) in [6, 6.07) is 23.2. The van der Waals surface area contributed by atoms with Gasteiger partial charge in [-0.15, -0.1) is 11.3 Å². The van der Waals surface area contributed by atoms with E-state index in [-0.39, 0.29) is 11.5 Å². The minimum absolute atomic E-state index is 0.149. The smallest absolute Gasteiger partial charge is 0.256 e. The number of H-pyrrole nitrogens is 1. The highest BCUT2D eigenvalue weighted by atomic mass is 32.1. The fourth-order valence-electron chi connectivity index (χ4n) is 4.34. The molecule has 1 aliphatic carbocycles. The van der Waals surface area contributed by atoms with Crippen LogP contribution in [0.5, 0.6) is 0 Å². The van der Waals surface area contributed by atoms with Crippen molar-refractivity contribution in [2.45, 2.75) is 19.3 Å². The number of benzene rings is 2. The number of anilines is 1. The lowest BCUT2D eigenvalue weighted by Crippen LogP contribution is -2.21. The maximum absolute atomic E-state index is 13.2. The first-order valence-corrected chi connectivity index (χ1v) is 12.3. The number of nitrogens with zero attached hydrogens (tertiary/aromatic N) is 3. The maximum atomic E-state index is 13.2. The second-order valence-electron chi connectivity index (χ2n) is 8.37. The molecule has 3 aromatic heterocycles. The number of amides is 1. The van der Waals surface area contributed by atoms with E-state index in [0.29, 0.717) is 23.0 Å². The van der Waals surface area contributed by atoms with Gasteiger partial charge in [-0.3, -0.25) is 14.6 Å². The van der Waals surface area contributed by atoms with Gasteiger partial charge in [0.15, 0.2) is 0 Å². The highest BCUT2D eigenvalue weighted by molar-refractivity contribution is 7.13. The third-order valence-electron chi connectivity index (χ3n) is 6.11. The van der Waals surface area contributed by atoms with E-state index in [4.69, 9.17) is 0 Å². The molecule has 2 aromatic carbocycles. The van der Waals surface area contributed by atoms with E-state index in [9.17, 15) is 9.59 Å². The van der Waals surface area contributed by atoms with Crippen molar-refractivity contribution in [2.75, 3.05) is 5.32 Å². The quantitative estimate of drug-likeness (QED) is 0.367. The fraction of sp³-hybridized carbons (Fsp3) is 0.111. The van der Waals surface area contributed by atoms with Crippen molar-refractivity contribution in [3.05, 3.63) is 105 Å². The Kier molecular flexibility index (Phi) is 5.35. The first-order chi connectivity index (χ1) is 17.2. The van der Waals surface area contributed by atoms with Gasteiger partial charge in [0, 0.05) is 17.2 Å². The number of hydrogen-bond acceptors (Lipinski definition) is 5. The van der Waals surface area contributed by atoms with Crippen LogP contribution in [-0.4, -0.2) is 25.7 Å². The predicted molar refractivity (Wildman–Crippen MR) is 137 cm³/mol. The summed E-state index contributed by atoms with van der Waals surface area (Å²) in [6.07, 6.45) is 2.41. The second-order valence-corrected chi connectivity index (χ2v) is 9.32. The van der Waals surface area contributed by atoms with Crippen LogP contribution in [0.15, 0.2) is 83.0 Å². The number of fused-ring (bicyclic) bond motifs is 1. The van der Waals surface area contributed by atoms with Gasteiger partial charge < -0.3 is 5.32 Å². The van der Waals surface area contributed by atoms with Crippen LogP contribution in [-0.2, 0) is 12.8 Å². The summed E-state index contributed by atoms with van der Waals surface area (Å²) < 4.78 is 1.51. The van der Waals surface area contributed by atoms with Crippen molar-refractivity contribution < 1.29 is 4.79 Å². The SMILES string of the molecule is O=C(Nc1cc(-c2cccs2)nn1-c1nc2c(c(=O)[nH]1)CCC2)c1ccc(-c2ccccc2)cc1. The molecule has 0 saturated carbocycles. The molecule has 0 radical (unpaired) electrons. The van der Waals surface area contributed by atoms with Crippen LogP contribution in [0.2, 0.25) is 0 Å². The third-order valence-corrected chi connectivity index (χ3v) is 7.00. The average molecular weight is 480 g/mol. The molecule has 0 unspecified atom stereocenters. The molecule has 0 saturated heterocycles. The second kappa shape index (κ2) is 8.81. The summed E-state index contributed by atoms with van der Waals surface area (Å²) in [4.78, 5) is 34.2. The minimum atomic E-state index is -0.271. The van der Waals surface area contributed by atoms with Gasteiger partial charge in [0.2, 0.25) is 5.95 Å². The molecule has 6 rings (SSSR count). The van der Waals surface area contributed by atoms with Gasteiger partial charge in [-0.05, 0) is 54.0 Å². The molecule has 8 heteroatoms. The normalized spacial score (nSPS) is 12.5. The third kappa shape index (κ3) is 4.08. The van der Waals surface area contributed by atoms with E-state index in [0.717, 1.165) is 46.5 Å². The van der Waals surface area contributed by atoms with E-state index in [2.05, 4.69) is 20.4 Å². The molecule has 0 bridgehead atoms. The summed E-state index contributed by atoms with van der Waals surface area (Å²) >= 11 is 1.55.